The van der Waals surface area contributed by atoms with E-state index in [0.717, 1.165) is 12.7 Å². The molecule has 1 aromatic carbocycles. The van der Waals surface area contributed by atoms with Gasteiger partial charge in [-0.15, -0.1) is 0 Å². The van der Waals surface area contributed by atoms with Gasteiger partial charge in [0, 0.05) is 11.8 Å². The summed E-state index contributed by atoms with van der Waals surface area (Å²) >= 11 is 0. The van der Waals surface area contributed by atoms with Gasteiger partial charge in [-0.1, -0.05) is 26.8 Å². The first-order chi connectivity index (χ1) is 11.6. The summed E-state index contributed by atoms with van der Waals surface area (Å²) in [4.78, 5) is 24.4. The minimum atomic E-state index is -3.44. The maximum absolute atomic E-state index is 12.2. The van der Waals surface area contributed by atoms with Crippen molar-refractivity contribution in [3.8, 4) is 0 Å². The predicted molar refractivity (Wildman–Crippen MR) is 101 cm³/mol. The molecular weight excluding hydrogens is 354 g/mol. The van der Waals surface area contributed by atoms with Crippen molar-refractivity contribution >= 4 is 21.7 Å². The Balaban J connectivity index is 2.77. The first-order valence-corrected chi connectivity index (χ1v) is 10.3. The molecule has 1 amide bonds. The standard InChI is InChI=1S/C19H29NO5S/c1-13-8-9-14(26(7,23)24)10-15(13)17(22)25-11-16(21)20-19(5,6)12-18(2,3)4/h8-10H,11-12H2,1-7H3,(H,20,21). The topological polar surface area (TPSA) is 89.5 Å². The average Bonchev–Trinajstić information content (AvgIpc) is 2.40. The summed E-state index contributed by atoms with van der Waals surface area (Å²) in [5, 5.41) is 2.86. The Labute approximate surface area is 156 Å². The van der Waals surface area contributed by atoms with Crippen molar-refractivity contribution < 1.29 is 22.7 Å². The molecule has 0 bridgehead atoms. The Hall–Kier alpha value is -1.89. The fraction of sp³-hybridized carbons (Fsp3) is 0.579. The number of ether oxygens (including phenoxy) is 1. The van der Waals surface area contributed by atoms with Crippen LogP contribution in [0.2, 0.25) is 0 Å². The largest absolute Gasteiger partial charge is 0.452 e. The van der Waals surface area contributed by atoms with Crippen LogP contribution in [0.3, 0.4) is 0 Å². The second-order valence-corrected chi connectivity index (χ2v) is 10.5. The Morgan fingerprint density at radius 3 is 2.19 bits per heavy atom. The third-order valence-electron chi connectivity index (χ3n) is 3.64. The van der Waals surface area contributed by atoms with Crippen molar-refractivity contribution in [2.45, 2.75) is 58.4 Å². The van der Waals surface area contributed by atoms with Crippen molar-refractivity contribution in [2.75, 3.05) is 12.9 Å². The fourth-order valence-corrected chi connectivity index (χ4v) is 3.69. The number of amides is 1. The van der Waals surface area contributed by atoms with Crippen molar-refractivity contribution in [1.82, 2.24) is 5.32 Å². The zero-order chi connectivity index (χ0) is 20.3. The third-order valence-corrected chi connectivity index (χ3v) is 4.75. The Morgan fingerprint density at radius 1 is 1.12 bits per heavy atom. The van der Waals surface area contributed by atoms with Crippen LogP contribution in [-0.4, -0.2) is 38.7 Å². The molecule has 26 heavy (non-hydrogen) atoms. The van der Waals surface area contributed by atoms with Gasteiger partial charge in [0.15, 0.2) is 16.4 Å². The molecule has 146 valence electrons. The average molecular weight is 384 g/mol. The SMILES string of the molecule is Cc1ccc(S(C)(=O)=O)cc1C(=O)OCC(=O)NC(C)(C)CC(C)(C)C. The highest BCUT2D eigenvalue weighted by Crippen LogP contribution is 2.26. The summed E-state index contributed by atoms with van der Waals surface area (Å²) < 4.78 is 28.3. The number of carbonyl (C=O) groups is 2. The van der Waals surface area contributed by atoms with Crippen LogP contribution in [0.25, 0.3) is 0 Å². The number of nitrogens with one attached hydrogen (secondary N) is 1. The van der Waals surface area contributed by atoms with E-state index < -0.39 is 33.9 Å². The fourth-order valence-electron chi connectivity index (χ4n) is 3.04. The maximum Gasteiger partial charge on any atom is 0.338 e. The maximum atomic E-state index is 12.2. The van der Waals surface area contributed by atoms with E-state index in [9.17, 15) is 18.0 Å². The first kappa shape index (κ1) is 22.2. The number of benzene rings is 1. The molecule has 1 N–H and O–H groups in total. The lowest BCUT2D eigenvalue weighted by atomic mass is 9.82. The van der Waals surface area contributed by atoms with Gasteiger partial charge in [0.05, 0.1) is 10.5 Å². The summed E-state index contributed by atoms with van der Waals surface area (Å²) in [5.41, 5.74) is 0.315. The van der Waals surface area contributed by atoms with E-state index in [1.54, 1.807) is 13.0 Å². The van der Waals surface area contributed by atoms with Crippen LogP contribution < -0.4 is 5.32 Å². The Morgan fingerprint density at radius 2 is 1.69 bits per heavy atom. The number of rotatable bonds is 6. The summed E-state index contributed by atoms with van der Waals surface area (Å²) in [6.07, 6.45) is 1.83. The highest BCUT2D eigenvalue weighted by atomic mass is 32.2. The number of aryl methyl sites for hydroxylation is 1. The first-order valence-electron chi connectivity index (χ1n) is 8.40. The quantitative estimate of drug-likeness (QED) is 0.763. The van der Waals surface area contributed by atoms with Crippen LogP contribution >= 0.6 is 0 Å². The second kappa shape index (κ2) is 7.78. The van der Waals surface area contributed by atoms with Gasteiger partial charge in [-0.2, -0.15) is 0 Å². The number of esters is 1. The lowest BCUT2D eigenvalue weighted by molar-refractivity contribution is -0.126. The molecule has 0 radical (unpaired) electrons. The Bertz CT molecular complexity index is 789. The molecule has 0 atom stereocenters. The molecule has 0 fully saturated rings. The predicted octanol–water partition coefficient (Wildman–Crippen LogP) is 2.89. The lowest BCUT2D eigenvalue weighted by Gasteiger charge is -2.33. The van der Waals surface area contributed by atoms with E-state index >= 15 is 0 Å². The molecule has 6 nitrogen and oxygen atoms in total. The molecule has 7 heteroatoms. The molecule has 0 aliphatic heterocycles. The van der Waals surface area contributed by atoms with Crippen LogP contribution in [0.1, 0.15) is 57.0 Å². The molecule has 1 rings (SSSR count). The monoisotopic (exact) mass is 383 g/mol. The Kier molecular flexibility index (Phi) is 6.63. The zero-order valence-corrected chi connectivity index (χ0v) is 17.4. The summed E-state index contributed by atoms with van der Waals surface area (Å²) in [6.45, 7) is 11.3. The van der Waals surface area contributed by atoms with Gasteiger partial charge in [0.25, 0.3) is 5.91 Å². The van der Waals surface area contributed by atoms with Gasteiger partial charge >= 0.3 is 5.97 Å². The number of hydrogen-bond acceptors (Lipinski definition) is 5. The normalized spacial score (nSPS) is 12.6. The van der Waals surface area contributed by atoms with Crippen molar-refractivity contribution in [2.24, 2.45) is 5.41 Å². The van der Waals surface area contributed by atoms with Crippen molar-refractivity contribution in [1.29, 1.82) is 0 Å². The van der Waals surface area contributed by atoms with E-state index in [4.69, 9.17) is 4.74 Å². The van der Waals surface area contributed by atoms with E-state index in [-0.39, 0.29) is 15.9 Å². The van der Waals surface area contributed by atoms with Crippen LogP contribution in [-0.2, 0) is 19.4 Å². The van der Waals surface area contributed by atoms with Gasteiger partial charge in [-0.3, -0.25) is 4.79 Å². The molecule has 0 heterocycles. The van der Waals surface area contributed by atoms with Crippen LogP contribution in [0, 0.1) is 12.3 Å². The molecule has 0 aliphatic rings. The minimum absolute atomic E-state index is 0.0332. The lowest BCUT2D eigenvalue weighted by Crippen LogP contribution is -2.47. The molecule has 1 aromatic rings. The van der Waals surface area contributed by atoms with Gasteiger partial charge in [-0.05, 0) is 50.3 Å². The van der Waals surface area contributed by atoms with Gasteiger partial charge in [-0.25, -0.2) is 13.2 Å². The van der Waals surface area contributed by atoms with E-state index in [1.807, 2.05) is 13.8 Å². The molecule has 0 saturated heterocycles. The summed E-state index contributed by atoms with van der Waals surface area (Å²) in [5.74, 6) is -1.12. The van der Waals surface area contributed by atoms with E-state index in [0.29, 0.717) is 5.56 Å². The van der Waals surface area contributed by atoms with Crippen LogP contribution in [0.15, 0.2) is 23.1 Å². The molecule has 0 spiro atoms. The van der Waals surface area contributed by atoms with Crippen LogP contribution in [0.5, 0.6) is 0 Å². The van der Waals surface area contributed by atoms with Gasteiger partial charge < -0.3 is 10.1 Å². The van der Waals surface area contributed by atoms with E-state index in [2.05, 4.69) is 26.1 Å². The molecule has 0 saturated carbocycles. The summed E-state index contributed by atoms with van der Waals surface area (Å²) in [6, 6.07) is 4.25. The number of hydrogen-bond donors (Lipinski definition) is 1. The van der Waals surface area contributed by atoms with E-state index in [1.165, 1.54) is 12.1 Å². The van der Waals surface area contributed by atoms with Gasteiger partial charge in [0.1, 0.15) is 0 Å². The van der Waals surface area contributed by atoms with Crippen LogP contribution in [0.4, 0.5) is 0 Å². The van der Waals surface area contributed by atoms with Crippen molar-refractivity contribution in [3.05, 3.63) is 29.3 Å². The van der Waals surface area contributed by atoms with Crippen molar-refractivity contribution in [3.63, 3.8) is 0 Å². The number of carbonyl (C=O) groups excluding carboxylic acids is 2. The minimum Gasteiger partial charge on any atom is -0.452 e. The number of sulfone groups is 1. The smallest absolute Gasteiger partial charge is 0.338 e. The van der Waals surface area contributed by atoms with Gasteiger partial charge in [0.2, 0.25) is 0 Å². The second-order valence-electron chi connectivity index (χ2n) is 8.49. The highest BCUT2D eigenvalue weighted by molar-refractivity contribution is 7.90. The third kappa shape index (κ3) is 7.15. The highest BCUT2D eigenvalue weighted by Gasteiger charge is 2.27. The molecule has 0 aliphatic carbocycles. The molecular formula is C19H29NO5S. The molecule has 0 unspecified atom stereocenters. The summed E-state index contributed by atoms with van der Waals surface area (Å²) in [7, 11) is -3.44. The zero-order valence-electron chi connectivity index (χ0n) is 16.6. The molecule has 0 aromatic heterocycles.